The molecule has 68 heavy (non-hydrogen) atoms. The van der Waals surface area contributed by atoms with E-state index in [4.69, 9.17) is 0 Å². The molecule has 0 aromatic heterocycles. The fourth-order valence-electron chi connectivity index (χ4n) is 9.11. The largest absolute Gasteiger partial charge is 0.310 e. The summed E-state index contributed by atoms with van der Waals surface area (Å²) in [5, 5.41) is 2.59. The normalized spacial score (nSPS) is 12.5. The van der Waals surface area contributed by atoms with Gasteiger partial charge >= 0.3 is 0 Å². The summed E-state index contributed by atoms with van der Waals surface area (Å²) in [6.07, 6.45) is 4.96. The molecule has 0 amide bonds. The first kappa shape index (κ1) is 54.4. The molecule has 0 spiro atoms. The van der Waals surface area contributed by atoms with E-state index in [2.05, 4.69) is 225 Å². The lowest BCUT2D eigenvalue weighted by atomic mass is 9.81. The number of aryl methyl sites for hydroxylation is 4. The highest BCUT2D eigenvalue weighted by Gasteiger charge is 2.38. The highest BCUT2D eigenvalue weighted by molar-refractivity contribution is 6.10. The fourth-order valence-corrected chi connectivity index (χ4v) is 9.11. The maximum absolute atomic E-state index is 2.44. The van der Waals surface area contributed by atoms with Gasteiger partial charge in [0.15, 0.2) is 0 Å². The molecule has 2 aliphatic carbocycles. The minimum Gasteiger partial charge on any atom is -0.310 e. The van der Waals surface area contributed by atoms with Gasteiger partial charge in [-0.15, -0.1) is 0 Å². The molecule has 0 fully saturated rings. The quantitative estimate of drug-likeness (QED) is 0.161. The maximum atomic E-state index is 2.44. The molecule has 0 bridgehead atoms. The van der Waals surface area contributed by atoms with E-state index in [1.807, 2.05) is 59.7 Å². The molecule has 0 saturated carbocycles. The molecule has 1 heteroatoms. The standard InChI is InChI=1S/C33H29N.C17H18.C7H8.C4H10.3C2H6/c1-22-14-17-25(18-15-22)34(24-10-6-5-7-11-24)31-21-30-32(27-13-9-8-12-26(27)31)28-19-16-23(2)20-29(28)33(30,3)4;1-3-12-9-10-16-15-8-6-5-7-14(15)13(4-2)17(16)11-12;1-7-5-3-2-4-6-7;1-3-4-2;3*1-2/h5-21H,1-4H3;5-11,13H,3-4H2,1-2H3;2-6H,1H3;3-4H2,1-2H3;3*1-2H3. The van der Waals surface area contributed by atoms with Crippen LogP contribution in [-0.2, 0) is 11.8 Å². The average Bonchev–Trinajstić information content (AvgIpc) is 3.83. The van der Waals surface area contributed by atoms with Crippen molar-refractivity contribution in [2.24, 2.45) is 0 Å². The number of benzene rings is 8. The Morgan fingerprint density at radius 3 is 1.50 bits per heavy atom. The van der Waals surface area contributed by atoms with Gasteiger partial charge in [-0.25, -0.2) is 0 Å². The van der Waals surface area contributed by atoms with Crippen LogP contribution in [0.15, 0.2) is 176 Å². The molecule has 1 unspecified atom stereocenters. The predicted molar refractivity (Wildman–Crippen MR) is 305 cm³/mol. The maximum Gasteiger partial charge on any atom is 0.0543 e. The van der Waals surface area contributed by atoms with Gasteiger partial charge in [-0.1, -0.05) is 258 Å². The summed E-state index contributed by atoms with van der Waals surface area (Å²) in [6.45, 7) is 32.0. The van der Waals surface area contributed by atoms with Gasteiger partial charge in [0.05, 0.1) is 5.69 Å². The Morgan fingerprint density at radius 2 is 0.926 bits per heavy atom. The first-order valence-corrected chi connectivity index (χ1v) is 25.9. The molecule has 1 atom stereocenters. The Hall–Kier alpha value is -6.18. The zero-order valence-electron chi connectivity index (χ0n) is 44.6. The van der Waals surface area contributed by atoms with Crippen molar-refractivity contribution in [3.05, 3.63) is 220 Å². The Labute approximate surface area is 414 Å². The highest BCUT2D eigenvalue weighted by Crippen LogP contribution is 2.54. The molecule has 0 radical (unpaired) electrons. The molecular weight excluding hydrogens is 819 g/mol. The van der Waals surface area contributed by atoms with Crippen molar-refractivity contribution in [3.63, 3.8) is 0 Å². The van der Waals surface area contributed by atoms with Gasteiger partial charge in [0.2, 0.25) is 0 Å². The van der Waals surface area contributed by atoms with E-state index in [0.717, 1.165) is 6.42 Å². The predicted octanol–water partition coefficient (Wildman–Crippen LogP) is 20.9. The second kappa shape index (κ2) is 27.0. The Balaban J connectivity index is 0.000000245. The zero-order valence-corrected chi connectivity index (χ0v) is 44.6. The van der Waals surface area contributed by atoms with Gasteiger partial charge in [0.25, 0.3) is 0 Å². The lowest BCUT2D eigenvalue weighted by Gasteiger charge is -2.30. The topological polar surface area (TPSA) is 3.24 Å². The summed E-state index contributed by atoms with van der Waals surface area (Å²) >= 11 is 0. The van der Waals surface area contributed by atoms with Crippen LogP contribution in [0.5, 0.6) is 0 Å². The second-order valence-corrected chi connectivity index (χ2v) is 17.5. The SMILES string of the molecule is CC.CC.CC.CCCC.CCc1ccc2c(c1)C(CC)c1ccccc1-2.Cc1ccc(N(c2ccccc2)c2cc3c(c4ccccc24)-c2ccc(C)cc2C3(C)C)cc1.Cc1ccccc1. The van der Waals surface area contributed by atoms with E-state index >= 15 is 0 Å². The van der Waals surface area contributed by atoms with Gasteiger partial charge in [0, 0.05) is 28.1 Å². The molecule has 0 saturated heterocycles. The van der Waals surface area contributed by atoms with E-state index < -0.39 is 0 Å². The fraction of sp³-hybridized carbons (Fsp3) is 0.313. The smallest absolute Gasteiger partial charge is 0.0543 e. The minimum absolute atomic E-state index is 0.0644. The summed E-state index contributed by atoms with van der Waals surface area (Å²) in [7, 11) is 0. The van der Waals surface area contributed by atoms with E-state index in [1.165, 1.54) is 114 Å². The van der Waals surface area contributed by atoms with Crippen LogP contribution < -0.4 is 4.90 Å². The Morgan fingerprint density at radius 1 is 0.426 bits per heavy atom. The molecule has 0 N–H and O–H groups in total. The number of rotatable bonds is 6. The molecule has 356 valence electrons. The van der Waals surface area contributed by atoms with Crippen molar-refractivity contribution in [3.8, 4) is 22.3 Å². The first-order valence-electron chi connectivity index (χ1n) is 25.9. The number of hydrogen-bond donors (Lipinski definition) is 0. The van der Waals surface area contributed by atoms with Crippen molar-refractivity contribution >= 4 is 27.8 Å². The molecule has 0 aliphatic heterocycles. The van der Waals surface area contributed by atoms with Gasteiger partial charge < -0.3 is 4.90 Å². The van der Waals surface area contributed by atoms with E-state index in [1.54, 1.807) is 0 Å². The van der Waals surface area contributed by atoms with Crippen LogP contribution in [0.3, 0.4) is 0 Å². The number of hydrogen-bond acceptors (Lipinski definition) is 1. The third-order valence-electron chi connectivity index (χ3n) is 12.7. The molecular formula is C67H83N. The van der Waals surface area contributed by atoms with Crippen molar-refractivity contribution in [2.45, 2.75) is 141 Å². The lowest BCUT2D eigenvalue weighted by Crippen LogP contribution is -2.17. The number of para-hydroxylation sites is 1. The van der Waals surface area contributed by atoms with Gasteiger partial charge in [0.1, 0.15) is 0 Å². The molecule has 10 rings (SSSR count). The second-order valence-electron chi connectivity index (χ2n) is 17.5. The van der Waals surface area contributed by atoms with Crippen molar-refractivity contribution in [2.75, 3.05) is 4.90 Å². The van der Waals surface area contributed by atoms with Gasteiger partial charge in [-0.2, -0.15) is 0 Å². The van der Waals surface area contributed by atoms with Crippen LogP contribution >= 0.6 is 0 Å². The minimum atomic E-state index is -0.0644. The van der Waals surface area contributed by atoms with Crippen LogP contribution in [-0.4, -0.2) is 0 Å². The van der Waals surface area contributed by atoms with Crippen LogP contribution in [0.2, 0.25) is 0 Å². The Kier molecular flexibility index (Phi) is 21.6. The monoisotopic (exact) mass is 902 g/mol. The summed E-state index contributed by atoms with van der Waals surface area (Å²) < 4.78 is 0. The van der Waals surface area contributed by atoms with Gasteiger partial charge in [-0.05, 0) is 119 Å². The molecule has 0 heterocycles. The molecule has 2 aliphatic rings. The number of unbranched alkanes of at least 4 members (excludes halogenated alkanes) is 1. The zero-order chi connectivity index (χ0) is 49.8. The van der Waals surface area contributed by atoms with Crippen molar-refractivity contribution < 1.29 is 0 Å². The van der Waals surface area contributed by atoms with E-state index in [-0.39, 0.29) is 5.41 Å². The number of anilines is 3. The Bertz CT molecular complexity index is 2720. The third-order valence-corrected chi connectivity index (χ3v) is 12.7. The summed E-state index contributed by atoms with van der Waals surface area (Å²) in [6, 6.07) is 64.0. The van der Waals surface area contributed by atoms with Gasteiger partial charge in [-0.3, -0.25) is 0 Å². The summed E-state index contributed by atoms with van der Waals surface area (Å²) in [5.41, 5.74) is 20.4. The number of fused-ring (bicyclic) bond motifs is 8. The summed E-state index contributed by atoms with van der Waals surface area (Å²) in [5.74, 6) is 0.604. The van der Waals surface area contributed by atoms with Crippen LogP contribution in [0, 0.1) is 20.8 Å². The number of nitrogens with zero attached hydrogens (tertiary/aromatic N) is 1. The molecule has 8 aromatic carbocycles. The van der Waals surface area contributed by atoms with E-state index in [9.17, 15) is 0 Å². The lowest BCUT2D eigenvalue weighted by molar-refractivity contribution is 0.660. The van der Waals surface area contributed by atoms with Crippen molar-refractivity contribution in [1.29, 1.82) is 0 Å². The summed E-state index contributed by atoms with van der Waals surface area (Å²) in [4.78, 5) is 2.41. The van der Waals surface area contributed by atoms with Crippen LogP contribution in [0.4, 0.5) is 17.1 Å². The van der Waals surface area contributed by atoms with E-state index in [0.29, 0.717) is 5.92 Å². The highest BCUT2D eigenvalue weighted by atomic mass is 15.1. The van der Waals surface area contributed by atoms with Crippen LogP contribution in [0.25, 0.3) is 33.0 Å². The molecule has 8 aromatic rings. The first-order chi connectivity index (χ1) is 33.1. The molecule has 1 nitrogen and oxygen atoms in total. The third kappa shape index (κ3) is 12.5. The van der Waals surface area contributed by atoms with Crippen molar-refractivity contribution in [1.82, 2.24) is 0 Å². The van der Waals surface area contributed by atoms with Crippen LogP contribution in [0.1, 0.15) is 153 Å². The average molecular weight is 902 g/mol.